The van der Waals surface area contributed by atoms with Crippen LogP contribution in [0.2, 0.25) is 5.15 Å². The van der Waals surface area contributed by atoms with E-state index in [2.05, 4.69) is 16.0 Å². The molecule has 5 nitrogen and oxygen atoms in total. The van der Waals surface area contributed by atoms with Gasteiger partial charge in [-0.05, 0) is 45.7 Å². The van der Waals surface area contributed by atoms with Crippen LogP contribution < -0.4 is 4.90 Å². The lowest BCUT2D eigenvalue weighted by Gasteiger charge is -2.54. The molecule has 0 unspecified atom stereocenters. The predicted molar refractivity (Wildman–Crippen MR) is 91.0 cm³/mol. The number of fused-ring (bicyclic) bond motifs is 1. The number of pyridine rings is 1. The van der Waals surface area contributed by atoms with Gasteiger partial charge >= 0.3 is 6.09 Å². The molecule has 3 heterocycles. The average molecular weight is 338 g/mol. The summed E-state index contributed by atoms with van der Waals surface area (Å²) in [4.78, 5) is 20.7. The molecule has 23 heavy (non-hydrogen) atoms. The van der Waals surface area contributed by atoms with Crippen molar-refractivity contribution in [3.05, 3.63) is 23.0 Å². The Balaban J connectivity index is 1.68. The molecule has 6 heteroatoms. The van der Waals surface area contributed by atoms with Crippen molar-refractivity contribution in [3.8, 4) is 0 Å². The summed E-state index contributed by atoms with van der Waals surface area (Å²) in [6.07, 6.45) is 2.63. The number of likely N-dealkylation sites (tertiary alicyclic amines) is 1. The summed E-state index contributed by atoms with van der Waals surface area (Å²) in [5.41, 5.74) is 1.61. The highest BCUT2D eigenvalue weighted by molar-refractivity contribution is 6.30. The van der Waals surface area contributed by atoms with Crippen LogP contribution in [0.4, 0.5) is 10.5 Å². The summed E-state index contributed by atoms with van der Waals surface area (Å²) in [6.45, 7) is 10.2. The Morgan fingerprint density at radius 1 is 1.39 bits per heavy atom. The van der Waals surface area contributed by atoms with Gasteiger partial charge in [0.1, 0.15) is 10.8 Å². The van der Waals surface area contributed by atoms with E-state index in [9.17, 15) is 4.79 Å². The lowest BCUT2D eigenvalue weighted by atomic mass is 9.82. The molecule has 0 saturated carbocycles. The fourth-order valence-corrected chi connectivity index (χ4v) is 3.39. The Labute approximate surface area is 142 Å². The molecule has 126 valence electrons. The van der Waals surface area contributed by atoms with Gasteiger partial charge in [-0.25, -0.2) is 9.78 Å². The minimum atomic E-state index is -0.454. The molecule has 0 radical (unpaired) electrons. The molecule has 0 spiro atoms. The van der Waals surface area contributed by atoms with Crippen LogP contribution in [-0.2, 0) is 4.74 Å². The number of halogens is 1. The monoisotopic (exact) mass is 337 g/mol. The fraction of sp³-hybridized carbons (Fsp3) is 0.647. The number of aryl methyl sites for hydroxylation is 1. The molecule has 2 saturated heterocycles. The second-order valence-corrected chi connectivity index (χ2v) is 7.85. The first-order valence-electron chi connectivity index (χ1n) is 8.11. The second-order valence-electron chi connectivity index (χ2n) is 7.50. The van der Waals surface area contributed by atoms with Crippen LogP contribution >= 0.6 is 11.6 Å². The van der Waals surface area contributed by atoms with Crippen LogP contribution in [0.25, 0.3) is 0 Å². The first-order valence-corrected chi connectivity index (χ1v) is 8.49. The lowest BCUT2D eigenvalue weighted by Crippen LogP contribution is -2.65. The van der Waals surface area contributed by atoms with E-state index >= 15 is 0 Å². The van der Waals surface area contributed by atoms with Crippen molar-refractivity contribution < 1.29 is 9.53 Å². The topological polar surface area (TPSA) is 45.7 Å². The van der Waals surface area contributed by atoms with Gasteiger partial charge < -0.3 is 14.5 Å². The van der Waals surface area contributed by atoms with Gasteiger partial charge in [0.25, 0.3) is 0 Å². The number of hydrogen-bond acceptors (Lipinski definition) is 4. The Hall–Kier alpha value is -1.49. The number of ether oxygens (including phenoxy) is 1. The van der Waals surface area contributed by atoms with Gasteiger partial charge in [0.05, 0.1) is 17.9 Å². The molecule has 1 aromatic heterocycles. The lowest BCUT2D eigenvalue weighted by molar-refractivity contribution is 0.0107. The van der Waals surface area contributed by atoms with Crippen LogP contribution in [-0.4, -0.2) is 47.3 Å². The molecule has 3 rings (SSSR count). The summed E-state index contributed by atoms with van der Waals surface area (Å²) >= 11 is 6.01. The van der Waals surface area contributed by atoms with E-state index in [1.165, 1.54) is 0 Å². The zero-order chi connectivity index (χ0) is 16.8. The highest BCUT2D eigenvalue weighted by atomic mass is 35.5. The van der Waals surface area contributed by atoms with Crippen molar-refractivity contribution in [2.24, 2.45) is 5.92 Å². The maximum absolute atomic E-state index is 12.3. The molecular weight excluding hydrogens is 314 g/mol. The molecular formula is C17H24ClN3O2. The summed E-state index contributed by atoms with van der Waals surface area (Å²) < 4.78 is 5.50. The molecule has 1 aromatic rings. The van der Waals surface area contributed by atoms with Crippen molar-refractivity contribution >= 4 is 23.4 Å². The Bertz CT molecular complexity index is 614. The molecule has 2 atom stereocenters. The molecule has 2 aliphatic heterocycles. The molecule has 0 aliphatic carbocycles. The van der Waals surface area contributed by atoms with Gasteiger partial charge in [0.2, 0.25) is 0 Å². The molecule has 2 fully saturated rings. The van der Waals surface area contributed by atoms with E-state index in [-0.39, 0.29) is 6.09 Å². The first-order chi connectivity index (χ1) is 10.7. The van der Waals surface area contributed by atoms with Crippen molar-refractivity contribution in [2.75, 3.05) is 24.5 Å². The van der Waals surface area contributed by atoms with Gasteiger partial charge in [-0.1, -0.05) is 11.6 Å². The van der Waals surface area contributed by atoms with Gasteiger partial charge in [-0.3, -0.25) is 0 Å². The molecule has 0 N–H and O–H groups in total. The van der Waals surface area contributed by atoms with Crippen LogP contribution in [0.3, 0.4) is 0 Å². The summed E-state index contributed by atoms with van der Waals surface area (Å²) in [6, 6.07) is 2.41. The van der Waals surface area contributed by atoms with Gasteiger partial charge in [0.15, 0.2) is 0 Å². The number of aromatic nitrogens is 1. The number of anilines is 1. The number of nitrogens with zero attached hydrogens (tertiary/aromatic N) is 3. The highest BCUT2D eigenvalue weighted by Gasteiger charge is 2.44. The van der Waals surface area contributed by atoms with E-state index in [4.69, 9.17) is 16.3 Å². The number of amides is 1. The Morgan fingerprint density at radius 2 is 2.13 bits per heavy atom. The van der Waals surface area contributed by atoms with E-state index in [1.54, 1.807) is 0 Å². The van der Waals surface area contributed by atoms with Crippen LogP contribution in [0.1, 0.15) is 32.8 Å². The normalized spacial score (nSPS) is 24.0. The van der Waals surface area contributed by atoms with E-state index in [1.807, 2.05) is 38.8 Å². The Morgan fingerprint density at radius 3 is 2.78 bits per heavy atom. The maximum atomic E-state index is 12.3. The zero-order valence-electron chi connectivity index (χ0n) is 14.2. The molecule has 0 bridgehead atoms. The third-order valence-electron chi connectivity index (χ3n) is 4.54. The SMILES string of the molecule is Cc1cc(N2C[C@H]3CCN(C(=O)OC(C)(C)C)C[C@H]32)cnc1Cl. The zero-order valence-corrected chi connectivity index (χ0v) is 14.9. The highest BCUT2D eigenvalue weighted by Crippen LogP contribution is 2.37. The number of carbonyl (C=O) groups is 1. The van der Waals surface area contributed by atoms with Crippen molar-refractivity contribution in [2.45, 2.75) is 45.8 Å². The minimum Gasteiger partial charge on any atom is -0.444 e. The number of piperidine rings is 1. The number of carbonyl (C=O) groups excluding carboxylic acids is 1. The van der Waals surface area contributed by atoms with Crippen molar-refractivity contribution in [3.63, 3.8) is 0 Å². The first kappa shape index (κ1) is 16.4. The smallest absolute Gasteiger partial charge is 0.410 e. The number of rotatable bonds is 1. The quantitative estimate of drug-likeness (QED) is 0.736. The van der Waals surface area contributed by atoms with E-state index in [0.717, 1.165) is 30.8 Å². The third-order valence-corrected chi connectivity index (χ3v) is 4.93. The van der Waals surface area contributed by atoms with Crippen LogP contribution in [0, 0.1) is 12.8 Å². The molecule has 0 aromatic carbocycles. The largest absolute Gasteiger partial charge is 0.444 e. The van der Waals surface area contributed by atoms with E-state index in [0.29, 0.717) is 23.7 Å². The molecule has 2 aliphatic rings. The molecule has 1 amide bonds. The maximum Gasteiger partial charge on any atom is 0.410 e. The third kappa shape index (κ3) is 3.39. The number of hydrogen-bond donors (Lipinski definition) is 0. The van der Waals surface area contributed by atoms with Crippen LogP contribution in [0.5, 0.6) is 0 Å². The fourth-order valence-electron chi connectivity index (χ4n) is 3.29. The van der Waals surface area contributed by atoms with Crippen molar-refractivity contribution in [1.29, 1.82) is 0 Å². The Kier molecular flexibility index (Phi) is 4.17. The summed E-state index contributed by atoms with van der Waals surface area (Å²) in [5.74, 6) is 0.643. The summed E-state index contributed by atoms with van der Waals surface area (Å²) in [5, 5.41) is 0.546. The second kappa shape index (κ2) is 5.86. The van der Waals surface area contributed by atoms with Gasteiger partial charge in [-0.15, -0.1) is 0 Å². The summed E-state index contributed by atoms with van der Waals surface area (Å²) in [7, 11) is 0. The predicted octanol–water partition coefficient (Wildman–Crippen LogP) is 3.49. The van der Waals surface area contributed by atoms with Gasteiger partial charge in [-0.2, -0.15) is 0 Å². The van der Waals surface area contributed by atoms with E-state index < -0.39 is 5.60 Å². The standard InChI is InChI=1S/C17H24ClN3O2/c1-11-7-13(8-19-15(11)18)21-9-12-5-6-20(10-14(12)21)16(22)23-17(2,3)4/h7-8,12,14H,5-6,9-10H2,1-4H3/t12-,14-/m1/s1. The van der Waals surface area contributed by atoms with Crippen molar-refractivity contribution in [1.82, 2.24) is 9.88 Å². The minimum absolute atomic E-state index is 0.215. The van der Waals surface area contributed by atoms with Crippen LogP contribution in [0.15, 0.2) is 12.3 Å². The van der Waals surface area contributed by atoms with Gasteiger partial charge in [0, 0.05) is 25.6 Å². The average Bonchev–Trinajstić information content (AvgIpc) is 2.42.